The number of carbonyl (C=O) groups excluding carboxylic acids is 2. The summed E-state index contributed by atoms with van der Waals surface area (Å²) in [6.07, 6.45) is 5.46. The molecule has 8 heteroatoms. The van der Waals surface area contributed by atoms with E-state index in [2.05, 4.69) is 20.8 Å². The minimum Gasteiger partial charge on any atom is -0.335 e. The number of halogens is 1. The average molecular weight is 371 g/mol. The second-order valence-electron chi connectivity index (χ2n) is 7.07. The predicted molar refractivity (Wildman–Crippen MR) is 97.8 cm³/mol. The highest BCUT2D eigenvalue weighted by Crippen LogP contribution is 2.24. The van der Waals surface area contributed by atoms with Gasteiger partial charge in [-0.1, -0.05) is 12.1 Å². The first-order chi connectivity index (χ1) is 13.1. The number of hydrogen-bond acceptors (Lipinski definition) is 3. The van der Waals surface area contributed by atoms with E-state index in [0.717, 1.165) is 18.5 Å². The van der Waals surface area contributed by atoms with Crippen molar-refractivity contribution in [1.29, 1.82) is 0 Å². The number of anilines is 1. The normalized spacial score (nSPS) is 22.3. The molecular formula is C19H22FN5O2. The van der Waals surface area contributed by atoms with Gasteiger partial charge in [0.05, 0.1) is 11.9 Å². The topological polar surface area (TPSA) is 90.1 Å². The molecule has 27 heavy (non-hydrogen) atoms. The summed E-state index contributed by atoms with van der Waals surface area (Å²) in [5.74, 6) is -0.713. The summed E-state index contributed by atoms with van der Waals surface area (Å²) in [4.78, 5) is 26.5. The summed E-state index contributed by atoms with van der Waals surface area (Å²) >= 11 is 0. The number of nitrogens with zero attached hydrogens (tertiary/aromatic N) is 2. The number of para-hydroxylation sites is 1. The van der Waals surface area contributed by atoms with Crippen molar-refractivity contribution < 1.29 is 14.0 Å². The fourth-order valence-corrected chi connectivity index (χ4v) is 3.84. The molecule has 2 heterocycles. The maximum absolute atomic E-state index is 14.0. The molecule has 0 radical (unpaired) electrons. The van der Waals surface area contributed by atoms with Gasteiger partial charge in [-0.2, -0.15) is 5.10 Å². The standard InChI is InChI=1S/C19H22FN5O2/c20-14-4-1-2-6-17(14)25-9-3-5-15(18(25)26)23-19(27)22-13-8-7-12-11-21-24-16(12)10-13/h1-2,4,6,11,13,15H,3,5,7-10H2,(H,21,24)(H2,22,23,27). The summed E-state index contributed by atoms with van der Waals surface area (Å²) in [5, 5.41) is 12.7. The highest BCUT2D eigenvalue weighted by Gasteiger charge is 2.32. The summed E-state index contributed by atoms with van der Waals surface area (Å²) in [6.45, 7) is 0.449. The lowest BCUT2D eigenvalue weighted by Gasteiger charge is -2.33. The van der Waals surface area contributed by atoms with E-state index in [-0.39, 0.29) is 23.7 Å². The number of aryl methyl sites for hydroxylation is 1. The smallest absolute Gasteiger partial charge is 0.315 e. The molecular weight excluding hydrogens is 349 g/mol. The molecule has 0 spiro atoms. The number of rotatable bonds is 3. The molecule has 2 atom stereocenters. The van der Waals surface area contributed by atoms with Gasteiger partial charge in [0.15, 0.2) is 0 Å². The number of benzene rings is 1. The maximum Gasteiger partial charge on any atom is 0.315 e. The van der Waals surface area contributed by atoms with Crippen LogP contribution >= 0.6 is 0 Å². The Bertz CT molecular complexity index is 852. The highest BCUT2D eigenvalue weighted by atomic mass is 19.1. The van der Waals surface area contributed by atoms with Crippen molar-refractivity contribution in [3.8, 4) is 0 Å². The lowest BCUT2D eigenvalue weighted by Crippen LogP contribution is -2.56. The number of urea groups is 1. The molecule has 2 aliphatic rings. The van der Waals surface area contributed by atoms with Crippen molar-refractivity contribution in [2.45, 2.75) is 44.2 Å². The number of piperidine rings is 1. The zero-order valence-electron chi connectivity index (χ0n) is 14.9. The molecule has 1 aromatic carbocycles. The Hall–Kier alpha value is -2.90. The van der Waals surface area contributed by atoms with Crippen LogP contribution < -0.4 is 15.5 Å². The van der Waals surface area contributed by atoms with E-state index in [1.54, 1.807) is 18.2 Å². The maximum atomic E-state index is 14.0. The van der Waals surface area contributed by atoms with Gasteiger partial charge in [0.25, 0.3) is 0 Å². The Morgan fingerprint density at radius 1 is 1.26 bits per heavy atom. The molecule has 1 fully saturated rings. The minimum atomic E-state index is -0.648. The monoisotopic (exact) mass is 371 g/mol. The van der Waals surface area contributed by atoms with Crippen molar-refractivity contribution in [3.63, 3.8) is 0 Å². The molecule has 4 rings (SSSR count). The number of aromatic nitrogens is 2. The van der Waals surface area contributed by atoms with E-state index in [1.807, 2.05) is 6.20 Å². The molecule has 1 aliphatic heterocycles. The van der Waals surface area contributed by atoms with Crippen LogP contribution in [0.5, 0.6) is 0 Å². The van der Waals surface area contributed by atoms with E-state index in [1.165, 1.54) is 16.5 Å². The van der Waals surface area contributed by atoms with Crippen LogP contribution in [0.1, 0.15) is 30.5 Å². The third kappa shape index (κ3) is 3.65. The molecule has 3 amide bonds. The molecule has 2 unspecified atom stereocenters. The number of nitrogens with one attached hydrogen (secondary N) is 3. The van der Waals surface area contributed by atoms with Crippen molar-refractivity contribution in [1.82, 2.24) is 20.8 Å². The lowest BCUT2D eigenvalue weighted by molar-refractivity contribution is -0.121. The largest absolute Gasteiger partial charge is 0.335 e. The highest BCUT2D eigenvalue weighted by molar-refractivity contribution is 5.99. The first-order valence-corrected chi connectivity index (χ1v) is 9.26. The van der Waals surface area contributed by atoms with E-state index < -0.39 is 11.9 Å². The van der Waals surface area contributed by atoms with Crippen LogP contribution in [-0.2, 0) is 17.6 Å². The summed E-state index contributed by atoms with van der Waals surface area (Å²) < 4.78 is 14.0. The van der Waals surface area contributed by atoms with E-state index in [9.17, 15) is 14.0 Å². The Labute approximate surface area is 156 Å². The second-order valence-corrected chi connectivity index (χ2v) is 7.07. The van der Waals surface area contributed by atoms with Crippen LogP contribution in [0.2, 0.25) is 0 Å². The molecule has 3 N–H and O–H groups in total. The van der Waals surface area contributed by atoms with Gasteiger partial charge in [-0.3, -0.25) is 9.89 Å². The SMILES string of the molecule is O=C(NC1CCc2cn[nH]c2C1)NC1CCCN(c2ccccc2F)C1=O. The number of hydrogen-bond donors (Lipinski definition) is 3. The zero-order valence-corrected chi connectivity index (χ0v) is 14.9. The summed E-state index contributed by atoms with van der Waals surface area (Å²) in [7, 11) is 0. The van der Waals surface area contributed by atoms with Crippen LogP contribution in [-0.4, -0.2) is 40.8 Å². The van der Waals surface area contributed by atoms with E-state index >= 15 is 0 Å². The second kappa shape index (κ2) is 7.38. The van der Waals surface area contributed by atoms with Gasteiger partial charge < -0.3 is 15.5 Å². The van der Waals surface area contributed by atoms with Crippen LogP contribution in [0.15, 0.2) is 30.5 Å². The van der Waals surface area contributed by atoms with Gasteiger partial charge in [-0.25, -0.2) is 9.18 Å². The van der Waals surface area contributed by atoms with Crippen LogP contribution in [0, 0.1) is 5.82 Å². The average Bonchev–Trinajstić information content (AvgIpc) is 3.12. The molecule has 142 valence electrons. The van der Waals surface area contributed by atoms with Gasteiger partial charge in [0.2, 0.25) is 5.91 Å². The van der Waals surface area contributed by atoms with Gasteiger partial charge in [0.1, 0.15) is 11.9 Å². The van der Waals surface area contributed by atoms with Crippen molar-refractivity contribution in [2.24, 2.45) is 0 Å². The molecule has 7 nitrogen and oxygen atoms in total. The Kier molecular flexibility index (Phi) is 4.79. The molecule has 1 aromatic heterocycles. The van der Waals surface area contributed by atoms with Gasteiger partial charge in [-0.05, 0) is 43.4 Å². The van der Waals surface area contributed by atoms with E-state index in [4.69, 9.17) is 0 Å². The van der Waals surface area contributed by atoms with Crippen LogP contribution in [0.4, 0.5) is 14.9 Å². The van der Waals surface area contributed by atoms with Crippen LogP contribution in [0.25, 0.3) is 0 Å². The quantitative estimate of drug-likeness (QED) is 0.770. The third-order valence-corrected chi connectivity index (χ3v) is 5.24. The first-order valence-electron chi connectivity index (χ1n) is 9.26. The van der Waals surface area contributed by atoms with Crippen molar-refractivity contribution in [2.75, 3.05) is 11.4 Å². The fraction of sp³-hybridized carbons (Fsp3) is 0.421. The Morgan fingerprint density at radius 3 is 2.96 bits per heavy atom. The lowest BCUT2D eigenvalue weighted by atomic mass is 9.94. The minimum absolute atomic E-state index is 0.000636. The predicted octanol–water partition coefficient (Wildman–Crippen LogP) is 1.90. The Balaban J connectivity index is 1.37. The molecule has 2 aromatic rings. The van der Waals surface area contributed by atoms with Gasteiger partial charge >= 0.3 is 6.03 Å². The van der Waals surface area contributed by atoms with Crippen molar-refractivity contribution in [3.05, 3.63) is 47.5 Å². The number of fused-ring (bicyclic) bond motifs is 1. The molecule has 0 bridgehead atoms. The number of carbonyl (C=O) groups is 2. The summed E-state index contributed by atoms with van der Waals surface area (Å²) in [5.41, 5.74) is 2.50. The fourth-order valence-electron chi connectivity index (χ4n) is 3.84. The van der Waals surface area contributed by atoms with Gasteiger partial charge in [0, 0.05) is 24.7 Å². The zero-order chi connectivity index (χ0) is 18.8. The number of amides is 3. The molecule has 1 saturated heterocycles. The Morgan fingerprint density at radius 2 is 2.11 bits per heavy atom. The molecule has 0 saturated carbocycles. The van der Waals surface area contributed by atoms with Gasteiger partial charge in [-0.15, -0.1) is 0 Å². The van der Waals surface area contributed by atoms with E-state index in [0.29, 0.717) is 25.8 Å². The van der Waals surface area contributed by atoms with Crippen molar-refractivity contribution >= 4 is 17.6 Å². The van der Waals surface area contributed by atoms with Crippen LogP contribution in [0.3, 0.4) is 0 Å². The number of aromatic amines is 1. The first kappa shape index (κ1) is 17.5. The summed E-state index contributed by atoms with van der Waals surface area (Å²) in [6, 6.07) is 5.19. The number of H-pyrrole nitrogens is 1. The molecule has 1 aliphatic carbocycles. The third-order valence-electron chi connectivity index (χ3n) is 5.24.